The van der Waals surface area contributed by atoms with Crippen molar-refractivity contribution in [2.24, 2.45) is 0 Å². The number of hydrogen-bond acceptors (Lipinski definition) is 1. The van der Waals surface area contributed by atoms with Crippen LogP contribution in [-0.2, 0) is 6.42 Å². The van der Waals surface area contributed by atoms with Crippen molar-refractivity contribution >= 4 is 65.6 Å². The van der Waals surface area contributed by atoms with Crippen molar-refractivity contribution < 1.29 is 4.42 Å². The summed E-state index contributed by atoms with van der Waals surface area (Å²) in [6.45, 7) is 0. The molecule has 0 fully saturated rings. The Morgan fingerprint density at radius 1 is 0.281 bits per heavy atom. The molecule has 0 unspecified atom stereocenters. The molecule has 3 heteroatoms. The molecule has 13 aromatic rings. The van der Waals surface area contributed by atoms with Crippen LogP contribution in [0.3, 0.4) is 0 Å². The molecule has 0 N–H and O–H groups in total. The van der Waals surface area contributed by atoms with Gasteiger partial charge in [-0.05, 0) is 159 Å². The van der Waals surface area contributed by atoms with E-state index in [9.17, 15) is 0 Å². The summed E-state index contributed by atoms with van der Waals surface area (Å²) in [6, 6.07) is 80.0. The maximum Gasteiger partial charge on any atom is 0.135 e. The highest BCUT2D eigenvalue weighted by Crippen LogP contribution is 2.44. The van der Waals surface area contributed by atoms with Gasteiger partial charge in [-0.1, -0.05) is 121 Å². The van der Waals surface area contributed by atoms with E-state index in [0.29, 0.717) is 0 Å². The molecule has 0 radical (unpaired) electrons. The Bertz CT molecular complexity index is 4030. The Morgan fingerprint density at radius 3 is 1.11 bits per heavy atom. The number of para-hydroxylation sites is 4. The average molecular weight is 815 g/mol. The van der Waals surface area contributed by atoms with Gasteiger partial charge in [0.05, 0.1) is 22.1 Å². The van der Waals surface area contributed by atoms with E-state index in [1.807, 2.05) is 0 Å². The molecule has 3 heterocycles. The summed E-state index contributed by atoms with van der Waals surface area (Å²) >= 11 is 0. The number of fused-ring (bicyclic) bond motifs is 12. The highest BCUT2D eigenvalue weighted by molar-refractivity contribution is 6.13. The van der Waals surface area contributed by atoms with Crippen LogP contribution in [0.2, 0.25) is 0 Å². The van der Waals surface area contributed by atoms with Crippen LogP contribution in [0.4, 0.5) is 0 Å². The molecule has 0 spiro atoms. The molecule has 3 nitrogen and oxygen atoms in total. The van der Waals surface area contributed by atoms with Gasteiger partial charge in [-0.2, -0.15) is 0 Å². The fourth-order valence-corrected chi connectivity index (χ4v) is 10.7. The van der Waals surface area contributed by atoms with Crippen LogP contribution in [-0.4, -0.2) is 9.13 Å². The van der Waals surface area contributed by atoms with Gasteiger partial charge in [-0.25, -0.2) is 0 Å². The van der Waals surface area contributed by atoms with Gasteiger partial charge in [0, 0.05) is 43.7 Å². The van der Waals surface area contributed by atoms with E-state index in [4.69, 9.17) is 4.42 Å². The van der Waals surface area contributed by atoms with Crippen molar-refractivity contribution in [3.8, 4) is 55.9 Å². The fourth-order valence-electron chi connectivity index (χ4n) is 10.7. The van der Waals surface area contributed by atoms with Gasteiger partial charge in [0.1, 0.15) is 11.2 Å². The highest BCUT2D eigenvalue weighted by atomic mass is 16.3. The third-order valence-corrected chi connectivity index (χ3v) is 13.7. The molecule has 10 aromatic carbocycles. The lowest BCUT2D eigenvalue weighted by Crippen LogP contribution is -1.92. The molecule has 3 aromatic heterocycles. The monoisotopic (exact) mass is 814 g/mol. The summed E-state index contributed by atoms with van der Waals surface area (Å²) < 4.78 is 11.2. The Morgan fingerprint density at radius 2 is 0.641 bits per heavy atom. The van der Waals surface area contributed by atoms with Crippen LogP contribution in [0.25, 0.3) is 121 Å². The fraction of sp³-hybridized carbons (Fsp3) is 0.0164. The first-order valence-electron chi connectivity index (χ1n) is 22.1. The molecule has 64 heavy (non-hydrogen) atoms. The van der Waals surface area contributed by atoms with Crippen molar-refractivity contribution in [2.45, 2.75) is 6.42 Å². The first-order valence-corrected chi connectivity index (χ1v) is 22.1. The molecule has 0 saturated heterocycles. The quantitative estimate of drug-likeness (QED) is 0.170. The van der Waals surface area contributed by atoms with E-state index in [1.54, 1.807) is 0 Å². The van der Waals surface area contributed by atoms with Crippen molar-refractivity contribution in [1.82, 2.24) is 9.13 Å². The Kier molecular flexibility index (Phi) is 7.46. The lowest BCUT2D eigenvalue weighted by atomic mass is 9.95. The number of rotatable bonds is 5. The first kappa shape index (κ1) is 35.2. The van der Waals surface area contributed by atoms with Gasteiger partial charge < -0.3 is 13.6 Å². The molecule has 1 aliphatic rings. The smallest absolute Gasteiger partial charge is 0.135 e. The van der Waals surface area contributed by atoms with Crippen LogP contribution >= 0.6 is 0 Å². The van der Waals surface area contributed by atoms with Crippen molar-refractivity contribution in [2.75, 3.05) is 0 Å². The summed E-state index contributed by atoms with van der Waals surface area (Å²) in [7, 11) is 0. The maximum absolute atomic E-state index is 6.46. The van der Waals surface area contributed by atoms with Gasteiger partial charge in [0.2, 0.25) is 0 Å². The van der Waals surface area contributed by atoms with Crippen molar-refractivity contribution in [1.29, 1.82) is 0 Å². The van der Waals surface area contributed by atoms with E-state index in [-0.39, 0.29) is 0 Å². The van der Waals surface area contributed by atoms with Gasteiger partial charge in [-0.3, -0.25) is 0 Å². The van der Waals surface area contributed by atoms with Crippen LogP contribution in [0, 0.1) is 0 Å². The maximum atomic E-state index is 6.46. The minimum Gasteiger partial charge on any atom is -0.456 e. The van der Waals surface area contributed by atoms with Crippen LogP contribution in [0.15, 0.2) is 223 Å². The van der Waals surface area contributed by atoms with E-state index < -0.39 is 0 Å². The van der Waals surface area contributed by atoms with Crippen LogP contribution in [0.1, 0.15) is 11.1 Å². The van der Waals surface area contributed by atoms with E-state index in [0.717, 1.165) is 28.4 Å². The second-order valence-corrected chi connectivity index (χ2v) is 17.3. The molecule has 298 valence electrons. The number of benzene rings is 10. The summed E-state index contributed by atoms with van der Waals surface area (Å²) in [5.41, 5.74) is 21.6. The summed E-state index contributed by atoms with van der Waals surface area (Å²) in [6.07, 6.45) is 0.946. The number of hydrogen-bond donors (Lipinski definition) is 0. The SMILES string of the molecule is c1ccc(-n2c3ccccc3c3cc(-c4ccc5c(c4)-c4cc(-c6ccc7oc8ccc(-c9ccc%10c(c9)c9ccccc9n%10-c9ccccc9)cc8c7c6)ccc4C5)ccc32)cc1. The molecular formula is C61H38N2O. The zero-order valence-corrected chi connectivity index (χ0v) is 34.8. The summed E-state index contributed by atoms with van der Waals surface area (Å²) in [5.74, 6) is 0. The topological polar surface area (TPSA) is 23.0 Å². The zero-order valence-electron chi connectivity index (χ0n) is 34.8. The summed E-state index contributed by atoms with van der Waals surface area (Å²) in [5, 5.41) is 7.28. The number of nitrogens with zero attached hydrogens (tertiary/aromatic N) is 2. The molecule has 14 rings (SSSR count). The summed E-state index contributed by atoms with van der Waals surface area (Å²) in [4.78, 5) is 0. The predicted octanol–water partition coefficient (Wildman–Crippen LogP) is 16.4. The van der Waals surface area contributed by atoms with E-state index in [2.05, 4.69) is 228 Å². The van der Waals surface area contributed by atoms with Gasteiger partial charge in [-0.15, -0.1) is 0 Å². The predicted molar refractivity (Wildman–Crippen MR) is 267 cm³/mol. The zero-order chi connectivity index (χ0) is 41.9. The molecule has 0 bridgehead atoms. The largest absolute Gasteiger partial charge is 0.456 e. The molecule has 0 saturated carbocycles. The van der Waals surface area contributed by atoms with Crippen molar-refractivity contribution in [3.63, 3.8) is 0 Å². The van der Waals surface area contributed by atoms with E-state index >= 15 is 0 Å². The first-order chi connectivity index (χ1) is 31.7. The molecule has 0 aliphatic heterocycles. The van der Waals surface area contributed by atoms with Gasteiger partial charge in [0.15, 0.2) is 0 Å². The van der Waals surface area contributed by atoms with Crippen LogP contribution in [0.5, 0.6) is 0 Å². The lowest BCUT2D eigenvalue weighted by Gasteiger charge is -2.10. The van der Waals surface area contributed by atoms with Gasteiger partial charge in [0.25, 0.3) is 0 Å². The molecule has 0 amide bonds. The standard InChI is InChI=1S/C61H38N2O/c1-3-11-46(12-4-1)62-56-17-9-7-15-48(56)52-34-40(23-27-58(52)62)38-19-21-44-31-45-22-20-39(33-51(45)50(44)32-38)42-25-29-60-54(36-42)55-37-43(26-30-61(55)64-60)41-24-28-59-53(35-41)49-16-8-10-18-57(49)63(59)47-13-5-2-6-14-47/h1-30,32-37H,31H2. The number of furan rings is 1. The minimum absolute atomic E-state index is 0.899. The Labute approximate surface area is 369 Å². The third kappa shape index (κ3) is 5.28. The molecule has 0 atom stereocenters. The lowest BCUT2D eigenvalue weighted by molar-refractivity contribution is 0.669. The highest BCUT2D eigenvalue weighted by Gasteiger charge is 2.22. The average Bonchev–Trinajstić information content (AvgIpc) is 4.11. The third-order valence-electron chi connectivity index (χ3n) is 13.7. The Hall–Kier alpha value is -8.40. The molecular weight excluding hydrogens is 777 g/mol. The Balaban J connectivity index is 0.831. The van der Waals surface area contributed by atoms with Crippen LogP contribution < -0.4 is 0 Å². The molecule has 1 aliphatic carbocycles. The minimum atomic E-state index is 0.899. The van der Waals surface area contributed by atoms with Gasteiger partial charge >= 0.3 is 0 Å². The second-order valence-electron chi connectivity index (χ2n) is 17.3. The van der Waals surface area contributed by atoms with E-state index in [1.165, 1.54) is 111 Å². The number of aromatic nitrogens is 2. The van der Waals surface area contributed by atoms with Crippen molar-refractivity contribution in [3.05, 3.63) is 230 Å². The normalized spacial score (nSPS) is 12.3. The second kappa shape index (κ2) is 13.5.